The molecule has 5 heteroatoms. The molecule has 1 aromatic rings. The van der Waals surface area contributed by atoms with Crippen LogP contribution < -0.4 is 15.8 Å². The monoisotopic (exact) mass is 222 g/mol. The lowest BCUT2D eigenvalue weighted by Gasteiger charge is -2.15. The zero-order valence-electron chi connectivity index (χ0n) is 9.73. The Hall–Kier alpha value is -1.49. The Kier molecular flexibility index (Phi) is 3.14. The van der Waals surface area contributed by atoms with Gasteiger partial charge in [-0.3, -0.25) is 0 Å². The molecule has 0 aliphatic carbocycles. The third-order valence-corrected chi connectivity index (χ3v) is 2.84. The van der Waals surface area contributed by atoms with E-state index in [1.165, 1.54) is 0 Å². The molecule has 0 amide bonds. The van der Waals surface area contributed by atoms with Crippen molar-refractivity contribution in [1.29, 1.82) is 0 Å². The van der Waals surface area contributed by atoms with E-state index in [2.05, 4.69) is 22.2 Å². The second-order valence-electron chi connectivity index (χ2n) is 4.18. The maximum Gasteiger partial charge on any atom is 0.215 e. The number of nitrogens with two attached hydrogens (primary N) is 1. The van der Waals surface area contributed by atoms with Crippen molar-refractivity contribution < 1.29 is 4.74 Å². The summed E-state index contributed by atoms with van der Waals surface area (Å²) in [6.45, 7) is 2.14. The average Bonchev–Trinajstić information content (AvgIpc) is 2.67. The lowest BCUT2D eigenvalue weighted by molar-refractivity contribution is 0.398. The van der Waals surface area contributed by atoms with Crippen LogP contribution in [0.2, 0.25) is 0 Å². The third kappa shape index (κ3) is 2.36. The van der Waals surface area contributed by atoms with Crippen molar-refractivity contribution in [2.75, 3.05) is 38.3 Å². The number of hydrogen-bond acceptors (Lipinski definition) is 5. The summed E-state index contributed by atoms with van der Waals surface area (Å²) in [5.74, 6) is 1.31. The number of nitrogen functional groups attached to an aromatic ring is 1. The number of nitrogens with one attached hydrogen (secondary N) is 1. The van der Waals surface area contributed by atoms with E-state index in [-0.39, 0.29) is 0 Å². The molecule has 1 unspecified atom stereocenters. The zero-order chi connectivity index (χ0) is 11.5. The minimum Gasteiger partial charge on any atom is -0.481 e. The molecule has 0 saturated carbocycles. The fourth-order valence-electron chi connectivity index (χ4n) is 1.93. The molecular formula is C11H18N4O. The molecule has 2 heterocycles. The Morgan fingerprint density at radius 2 is 2.38 bits per heavy atom. The fraction of sp³-hybridized carbons (Fsp3) is 0.545. The molecule has 3 N–H and O–H groups in total. The number of anilines is 2. The van der Waals surface area contributed by atoms with Gasteiger partial charge in [0.25, 0.3) is 0 Å². The minimum absolute atomic E-state index is 0.423. The van der Waals surface area contributed by atoms with Crippen LogP contribution in [-0.4, -0.2) is 43.2 Å². The number of nitrogens with zero attached hydrogens (tertiary/aromatic N) is 2. The summed E-state index contributed by atoms with van der Waals surface area (Å²) in [5.41, 5.74) is 6.53. The van der Waals surface area contributed by atoms with Gasteiger partial charge in [0.15, 0.2) is 5.82 Å². The van der Waals surface area contributed by atoms with Crippen molar-refractivity contribution in [1.82, 2.24) is 9.88 Å². The fourth-order valence-corrected chi connectivity index (χ4v) is 1.93. The van der Waals surface area contributed by atoms with Gasteiger partial charge in [-0.05, 0) is 26.1 Å². The van der Waals surface area contributed by atoms with Crippen LogP contribution in [0.1, 0.15) is 6.42 Å². The molecule has 0 spiro atoms. The Morgan fingerprint density at radius 1 is 1.56 bits per heavy atom. The van der Waals surface area contributed by atoms with Crippen LogP contribution in [0, 0.1) is 0 Å². The first-order chi connectivity index (χ1) is 7.69. The van der Waals surface area contributed by atoms with Crippen LogP contribution in [0.4, 0.5) is 11.5 Å². The number of pyridine rings is 1. The standard InChI is InChI=1S/C11H18N4O/c1-15-6-5-8(7-15)13-11-9(12)3-4-10(14-11)16-2/h3-4,8H,5-7,12H2,1-2H3,(H,13,14). The number of methoxy groups -OCH3 is 1. The van der Waals surface area contributed by atoms with Crippen molar-refractivity contribution in [3.05, 3.63) is 12.1 Å². The number of ether oxygens (including phenoxy) is 1. The molecule has 0 bridgehead atoms. The molecule has 1 saturated heterocycles. The van der Waals surface area contributed by atoms with Crippen LogP contribution in [0.5, 0.6) is 5.88 Å². The molecule has 88 valence electrons. The predicted octanol–water partition coefficient (Wildman–Crippen LogP) is 0.788. The number of rotatable bonds is 3. The minimum atomic E-state index is 0.423. The van der Waals surface area contributed by atoms with Gasteiger partial charge in [-0.15, -0.1) is 0 Å². The van der Waals surface area contributed by atoms with Gasteiger partial charge in [-0.25, -0.2) is 0 Å². The molecule has 1 atom stereocenters. The maximum atomic E-state index is 5.86. The van der Waals surface area contributed by atoms with Crippen molar-refractivity contribution in [3.8, 4) is 5.88 Å². The van der Waals surface area contributed by atoms with Gasteiger partial charge in [0.2, 0.25) is 5.88 Å². The molecule has 1 aliphatic heterocycles. The van der Waals surface area contributed by atoms with E-state index in [0.717, 1.165) is 25.3 Å². The smallest absolute Gasteiger partial charge is 0.215 e. The van der Waals surface area contributed by atoms with E-state index < -0.39 is 0 Å². The highest BCUT2D eigenvalue weighted by Gasteiger charge is 2.20. The summed E-state index contributed by atoms with van der Waals surface area (Å²) in [6, 6.07) is 4.00. The first-order valence-corrected chi connectivity index (χ1v) is 5.44. The molecule has 1 fully saturated rings. The van der Waals surface area contributed by atoms with Crippen molar-refractivity contribution >= 4 is 11.5 Å². The molecule has 1 aliphatic rings. The normalized spacial score (nSPS) is 21.0. The van der Waals surface area contributed by atoms with Crippen LogP contribution in [0.25, 0.3) is 0 Å². The summed E-state index contributed by atoms with van der Waals surface area (Å²) >= 11 is 0. The summed E-state index contributed by atoms with van der Waals surface area (Å²) in [6.07, 6.45) is 1.12. The Bertz CT molecular complexity index is 369. The van der Waals surface area contributed by atoms with E-state index in [1.54, 1.807) is 13.2 Å². The molecule has 0 radical (unpaired) electrons. The lowest BCUT2D eigenvalue weighted by Crippen LogP contribution is -2.24. The summed E-state index contributed by atoms with van der Waals surface area (Å²) in [4.78, 5) is 6.59. The van der Waals surface area contributed by atoms with Crippen molar-refractivity contribution in [2.24, 2.45) is 0 Å². The highest BCUT2D eigenvalue weighted by molar-refractivity contribution is 5.62. The highest BCUT2D eigenvalue weighted by atomic mass is 16.5. The van der Waals surface area contributed by atoms with Crippen molar-refractivity contribution in [3.63, 3.8) is 0 Å². The van der Waals surface area contributed by atoms with Gasteiger partial charge in [-0.2, -0.15) is 4.98 Å². The second-order valence-corrected chi connectivity index (χ2v) is 4.18. The van der Waals surface area contributed by atoms with Gasteiger partial charge in [-0.1, -0.05) is 0 Å². The van der Waals surface area contributed by atoms with E-state index in [4.69, 9.17) is 10.5 Å². The highest BCUT2D eigenvalue weighted by Crippen LogP contribution is 2.22. The molecule has 0 aromatic carbocycles. The van der Waals surface area contributed by atoms with E-state index in [1.807, 2.05) is 6.07 Å². The number of hydrogen-bond donors (Lipinski definition) is 2. The molecule has 5 nitrogen and oxygen atoms in total. The van der Waals surface area contributed by atoms with Gasteiger partial charge in [0.05, 0.1) is 12.8 Å². The molecule has 1 aromatic heterocycles. The zero-order valence-corrected chi connectivity index (χ0v) is 9.73. The SMILES string of the molecule is COc1ccc(N)c(NC2CCN(C)C2)n1. The molecular weight excluding hydrogens is 204 g/mol. The first kappa shape index (κ1) is 11.0. The largest absolute Gasteiger partial charge is 0.481 e. The molecule has 2 rings (SSSR count). The second kappa shape index (κ2) is 4.57. The summed E-state index contributed by atoms with van der Waals surface area (Å²) in [5, 5.41) is 3.36. The van der Waals surface area contributed by atoms with Gasteiger partial charge < -0.3 is 20.7 Å². The lowest BCUT2D eigenvalue weighted by atomic mass is 10.2. The number of aromatic nitrogens is 1. The van der Waals surface area contributed by atoms with Gasteiger partial charge in [0, 0.05) is 18.7 Å². The topological polar surface area (TPSA) is 63.4 Å². The Labute approximate surface area is 95.6 Å². The van der Waals surface area contributed by atoms with E-state index in [0.29, 0.717) is 17.6 Å². The first-order valence-electron chi connectivity index (χ1n) is 5.44. The Balaban J connectivity index is 2.08. The van der Waals surface area contributed by atoms with Crippen LogP contribution >= 0.6 is 0 Å². The van der Waals surface area contributed by atoms with E-state index >= 15 is 0 Å². The number of likely N-dealkylation sites (N-methyl/N-ethyl adjacent to an activating group) is 1. The van der Waals surface area contributed by atoms with Gasteiger partial charge in [0.1, 0.15) is 0 Å². The molecule has 16 heavy (non-hydrogen) atoms. The van der Waals surface area contributed by atoms with Gasteiger partial charge >= 0.3 is 0 Å². The quantitative estimate of drug-likeness (QED) is 0.791. The number of likely N-dealkylation sites (tertiary alicyclic amines) is 1. The van der Waals surface area contributed by atoms with Crippen molar-refractivity contribution in [2.45, 2.75) is 12.5 Å². The summed E-state index contributed by atoms with van der Waals surface area (Å²) < 4.78 is 5.08. The van der Waals surface area contributed by atoms with Crippen LogP contribution in [0.3, 0.4) is 0 Å². The van der Waals surface area contributed by atoms with Crippen LogP contribution in [0.15, 0.2) is 12.1 Å². The predicted molar refractivity (Wildman–Crippen MR) is 64.7 cm³/mol. The third-order valence-electron chi connectivity index (χ3n) is 2.84. The average molecular weight is 222 g/mol. The summed E-state index contributed by atoms with van der Waals surface area (Å²) in [7, 11) is 3.72. The van der Waals surface area contributed by atoms with Crippen LogP contribution in [-0.2, 0) is 0 Å². The maximum absolute atomic E-state index is 5.86. The van der Waals surface area contributed by atoms with E-state index in [9.17, 15) is 0 Å². The Morgan fingerprint density at radius 3 is 3.00 bits per heavy atom.